The second kappa shape index (κ2) is 4.00. The molecule has 0 unspecified atom stereocenters. The largest absolute Gasteiger partial charge is 0.507 e. The minimum absolute atomic E-state index is 0.243. The zero-order valence-corrected chi connectivity index (χ0v) is 8.37. The zero-order chi connectivity index (χ0) is 11.6. The molecule has 0 aliphatic rings. The molecule has 5 heteroatoms. The first-order valence-corrected chi connectivity index (χ1v) is 4.26. The standard InChI is InChI=1S/C10H11NO4/c1-5-3-8(12)7(10(14)15)4-6(5)9(13)11-2/h3-4,12H,1-2H3,(H,11,13)(H,14,15). The predicted octanol–water partition coefficient (Wildman–Crippen LogP) is 0.758. The number of aryl methyl sites for hydroxylation is 1. The quantitative estimate of drug-likeness (QED) is 0.671. The van der Waals surface area contributed by atoms with Crippen LogP contribution in [-0.4, -0.2) is 29.1 Å². The van der Waals surface area contributed by atoms with Gasteiger partial charge in [-0.15, -0.1) is 0 Å². The lowest BCUT2D eigenvalue weighted by Gasteiger charge is -2.07. The highest BCUT2D eigenvalue weighted by molar-refractivity contribution is 5.99. The SMILES string of the molecule is CNC(=O)c1cc(C(=O)O)c(O)cc1C. The van der Waals surface area contributed by atoms with Crippen LogP contribution in [0.25, 0.3) is 0 Å². The van der Waals surface area contributed by atoms with E-state index in [0.29, 0.717) is 5.56 Å². The highest BCUT2D eigenvalue weighted by Crippen LogP contribution is 2.22. The van der Waals surface area contributed by atoms with Crippen molar-refractivity contribution in [2.75, 3.05) is 7.05 Å². The van der Waals surface area contributed by atoms with Crippen LogP contribution < -0.4 is 5.32 Å². The molecule has 0 atom stereocenters. The van der Waals surface area contributed by atoms with E-state index in [4.69, 9.17) is 5.11 Å². The molecule has 0 aliphatic heterocycles. The van der Waals surface area contributed by atoms with Gasteiger partial charge in [0.1, 0.15) is 11.3 Å². The summed E-state index contributed by atoms with van der Waals surface area (Å²) in [6.07, 6.45) is 0. The Hall–Kier alpha value is -2.04. The summed E-state index contributed by atoms with van der Waals surface area (Å²) in [6.45, 7) is 1.62. The Morgan fingerprint density at radius 2 is 1.87 bits per heavy atom. The summed E-state index contributed by atoms with van der Waals surface area (Å²) in [4.78, 5) is 22.0. The molecule has 0 fully saturated rings. The Labute approximate surface area is 86.4 Å². The van der Waals surface area contributed by atoms with Gasteiger partial charge in [-0.2, -0.15) is 0 Å². The Bertz CT molecular complexity index is 426. The van der Waals surface area contributed by atoms with Crippen LogP contribution in [0.1, 0.15) is 26.3 Å². The van der Waals surface area contributed by atoms with Gasteiger partial charge in [-0.25, -0.2) is 4.79 Å². The number of carboxylic acids is 1. The molecule has 15 heavy (non-hydrogen) atoms. The third-order valence-electron chi connectivity index (χ3n) is 2.04. The number of rotatable bonds is 2. The second-order valence-electron chi connectivity index (χ2n) is 3.07. The second-order valence-corrected chi connectivity index (χ2v) is 3.07. The first-order valence-electron chi connectivity index (χ1n) is 4.26. The number of phenols is 1. The first-order chi connectivity index (χ1) is 6.97. The lowest BCUT2D eigenvalue weighted by atomic mass is 10.0. The third kappa shape index (κ3) is 2.07. The number of aromatic carboxylic acids is 1. The van der Waals surface area contributed by atoms with Crippen molar-refractivity contribution in [3.05, 3.63) is 28.8 Å². The lowest BCUT2D eigenvalue weighted by Crippen LogP contribution is -2.19. The zero-order valence-electron chi connectivity index (χ0n) is 8.37. The summed E-state index contributed by atoms with van der Waals surface area (Å²) < 4.78 is 0. The smallest absolute Gasteiger partial charge is 0.339 e. The molecule has 0 heterocycles. The summed E-state index contributed by atoms with van der Waals surface area (Å²) in [5.41, 5.74) is 0.490. The highest BCUT2D eigenvalue weighted by atomic mass is 16.4. The monoisotopic (exact) mass is 209 g/mol. The fraction of sp³-hybridized carbons (Fsp3) is 0.200. The number of hydrogen-bond acceptors (Lipinski definition) is 3. The number of carboxylic acid groups (broad SMARTS) is 1. The van der Waals surface area contributed by atoms with Crippen LogP contribution in [0.15, 0.2) is 12.1 Å². The highest BCUT2D eigenvalue weighted by Gasteiger charge is 2.15. The number of amides is 1. The molecule has 0 saturated heterocycles. The summed E-state index contributed by atoms with van der Waals surface area (Å²) in [6, 6.07) is 2.42. The van der Waals surface area contributed by atoms with Gasteiger partial charge in [0.15, 0.2) is 0 Å². The Kier molecular flexibility index (Phi) is 2.94. The third-order valence-corrected chi connectivity index (χ3v) is 2.04. The lowest BCUT2D eigenvalue weighted by molar-refractivity contribution is 0.0693. The molecule has 1 aromatic rings. The minimum Gasteiger partial charge on any atom is -0.507 e. The van der Waals surface area contributed by atoms with E-state index in [9.17, 15) is 14.7 Å². The van der Waals surface area contributed by atoms with Gasteiger partial charge >= 0.3 is 5.97 Å². The normalized spacial score (nSPS) is 9.73. The average Bonchev–Trinajstić information content (AvgIpc) is 2.16. The van der Waals surface area contributed by atoms with Crippen molar-refractivity contribution in [2.24, 2.45) is 0 Å². The summed E-state index contributed by atoms with van der Waals surface area (Å²) in [5.74, 6) is -1.99. The fourth-order valence-corrected chi connectivity index (χ4v) is 1.24. The number of benzene rings is 1. The molecule has 0 radical (unpaired) electrons. The summed E-state index contributed by atoms with van der Waals surface area (Å²) in [5, 5.41) is 20.5. The van der Waals surface area contributed by atoms with E-state index in [1.165, 1.54) is 13.1 Å². The molecule has 0 spiro atoms. The molecule has 0 aliphatic carbocycles. The maximum absolute atomic E-state index is 11.3. The van der Waals surface area contributed by atoms with Crippen molar-refractivity contribution >= 4 is 11.9 Å². The van der Waals surface area contributed by atoms with Gasteiger partial charge in [0.25, 0.3) is 5.91 Å². The molecule has 5 nitrogen and oxygen atoms in total. The van der Waals surface area contributed by atoms with Gasteiger partial charge in [-0.3, -0.25) is 4.79 Å². The van der Waals surface area contributed by atoms with Gasteiger partial charge < -0.3 is 15.5 Å². The number of hydrogen-bond donors (Lipinski definition) is 3. The number of nitrogens with one attached hydrogen (secondary N) is 1. The number of aromatic hydroxyl groups is 1. The van der Waals surface area contributed by atoms with Crippen LogP contribution in [0, 0.1) is 6.92 Å². The maximum Gasteiger partial charge on any atom is 0.339 e. The molecule has 0 bridgehead atoms. The van der Waals surface area contributed by atoms with Crippen molar-refractivity contribution in [3.63, 3.8) is 0 Å². The van der Waals surface area contributed by atoms with Crippen LogP contribution >= 0.6 is 0 Å². The minimum atomic E-state index is -1.27. The van der Waals surface area contributed by atoms with Crippen molar-refractivity contribution < 1.29 is 19.8 Å². The molecular formula is C10H11NO4. The average molecular weight is 209 g/mol. The van der Waals surface area contributed by atoms with E-state index >= 15 is 0 Å². The molecule has 1 rings (SSSR count). The van der Waals surface area contributed by atoms with E-state index < -0.39 is 5.97 Å². The van der Waals surface area contributed by atoms with Crippen LogP contribution in [0.3, 0.4) is 0 Å². The number of carbonyl (C=O) groups excluding carboxylic acids is 1. The van der Waals surface area contributed by atoms with Gasteiger partial charge in [0.05, 0.1) is 0 Å². The van der Waals surface area contributed by atoms with Crippen molar-refractivity contribution in [1.82, 2.24) is 5.32 Å². The summed E-state index contributed by atoms with van der Waals surface area (Å²) >= 11 is 0. The van der Waals surface area contributed by atoms with Crippen molar-refractivity contribution in [1.29, 1.82) is 0 Å². The first kappa shape index (κ1) is 11.0. The van der Waals surface area contributed by atoms with Gasteiger partial charge in [-0.05, 0) is 24.6 Å². The van der Waals surface area contributed by atoms with Crippen LogP contribution in [0.5, 0.6) is 5.75 Å². The molecule has 0 saturated carbocycles. The molecule has 0 aromatic heterocycles. The van der Waals surface area contributed by atoms with E-state index in [2.05, 4.69) is 5.32 Å². The van der Waals surface area contributed by atoms with E-state index in [0.717, 1.165) is 6.07 Å². The number of carbonyl (C=O) groups is 2. The van der Waals surface area contributed by atoms with Gasteiger partial charge in [0.2, 0.25) is 0 Å². The van der Waals surface area contributed by atoms with Crippen molar-refractivity contribution in [2.45, 2.75) is 6.92 Å². The maximum atomic E-state index is 11.3. The molecular weight excluding hydrogens is 198 g/mol. The molecule has 1 amide bonds. The van der Waals surface area contributed by atoms with E-state index in [1.807, 2.05) is 0 Å². The van der Waals surface area contributed by atoms with Crippen LogP contribution in [0.2, 0.25) is 0 Å². The predicted molar refractivity (Wildman–Crippen MR) is 53.2 cm³/mol. The topological polar surface area (TPSA) is 86.6 Å². The van der Waals surface area contributed by atoms with E-state index in [-0.39, 0.29) is 22.8 Å². The van der Waals surface area contributed by atoms with Crippen LogP contribution in [0.4, 0.5) is 0 Å². The van der Waals surface area contributed by atoms with Gasteiger partial charge in [0, 0.05) is 12.6 Å². The molecule has 80 valence electrons. The Morgan fingerprint density at radius 1 is 1.27 bits per heavy atom. The summed E-state index contributed by atoms with van der Waals surface area (Å²) in [7, 11) is 1.45. The van der Waals surface area contributed by atoms with Crippen molar-refractivity contribution in [3.8, 4) is 5.75 Å². The van der Waals surface area contributed by atoms with Gasteiger partial charge in [-0.1, -0.05) is 0 Å². The Morgan fingerprint density at radius 3 is 2.33 bits per heavy atom. The van der Waals surface area contributed by atoms with E-state index in [1.54, 1.807) is 6.92 Å². The molecule has 1 aromatic carbocycles. The Balaban J connectivity index is 3.36. The van der Waals surface area contributed by atoms with Crippen LogP contribution in [-0.2, 0) is 0 Å². The fourth-order valence-electron chi connectivity index (χ4n) is 1.24. The molecule has 3 N–H and O–H groups in total.